The molecule has 3 N–H and O–H groups in total. The van der Waals surface area contributed by atoms with Gasteiger partial charge in [-0.3, -0.25) is 0 Å². The Morgan fingerprint density at radius 3 is 3.00 bits per heavy atom. The van der Waals surface area contributed by atoms with Crippen LogP contribution in [0, 0.1) is 11.8 Å². The highest BCUT2D eigenvalue weighted by atomic mass is 32.1. The van der Waals surface area contributed by atoms with Crippen molar-refractivity contribution in [3.05, 3.63) is 22.4 Å². The zero-order valence-electron chi connectivity index (χ0n) is 9.11. The van der Waals surface area contributed by atoms with Gasteiger partial charge in [-0.2, -0.15) is 11.3 Å². The van der Waals surface area contributed by atoms with Gasteiger partial charge < -0.3 is 11.1 Å². The lowest BCUT2D eigenvalue weighted by atomic mass is 9.96. The van der Waals surface area contributed by atoms with Crippen LogP contribution in [0.1, 0.15) is 24.8 Å². The van der Waals surface area contributed by atoms with Crippen LogP contribution in [-0.4, -0.2) is 13.1 Å². The molecule has 0 amide bonds. The fourth-order valence-corrected chi connectivity index (χ4v) is 3.16. The molecule has 2 nitrogen and oxygen atoms in total. The van der Waals surface area contributed by atoms with Gasteiger partial charge in [-0.25, -0.2) is 0 Å². The smallest absolute Gasteiger partial charge is 0.0213 e. The normalized spacial score (nSPS) is 25.9. The zero-order chi connectivity index (χ0) is 10.5. The molecule has 0 aliphatic heterocycles. The van der Waals surface area contributed by atoms with Crippen molar-refractivity contribution in [3.8, 4) is 0 Å². The van der Waals surface area contributed by atoms with Crippen LogP contribution in [0.4, 0.5) is 0 Å². The summed E-state index contributed by atoms with van der Waals surface area (Å²) in [5, 5.41) is 7.89. The minimum Gasteiger partial charge on any atom is -0.330 e. The summed E-state index contributed by atoms with van der Waals surface area (Å²) in [5.41, 5.74) is 7.17. The zero-order valence-corrected chi connectivity index (χ0v) is 9.93. The molecule has 84 valence electrons. The molecule has 1 heterocycles. The minimum absolute atomic E-state index is 0.764. The van der Waals surface area contributed by atoms with Crippen LogP contribution in [0.2, 0.25) is 0 Å². The Morgan fingerprint density at radius 2 is 2.27 bits per heavy atom. The molecule has 1 aliphatic rings. The number of hydrogen-bond donors (Lipinski definition) is 2. The third-order valence-electron chi connectivity index (χ3n) is 3.43. The molecular weight excluding hydrogens is 204 g/mol. The van der Waals surface area contributed by atoms with E-state index in [4.69, 9.17) is 5.73 Å². The van der Waals surface area contributed by atoms with Crippen LogP contribution >= 0.6 is 11.3 Å². The Hall–Kier alpha value is -0.380. The molecule has 3 heteroatoms. The maximum atomic E-state index is 5.76. The highest BCUT2D eigenvalue weighted by molar-refractivity contribution is 7.07. The first-order chi connectivity index (χ1) is 7.40. The second kappa shape index (κ2) is 5.64. The monoisotopic (exact) mass is 224 g/mol. The van der Waals surface area contributed by atoms with E-state index in [0.29, 0.717) is 0 Å². The SMILES string of the molecule is NCC1CCCC1CNCc1ccsc1. The van der Waals surface area contributed by atoms with Gasteiger partial charge in [0.2, 0.25) is 0 Å². The maximum absolute atomic E-state index is 5.76. The lowest BCUT2D eigenvalue weighted by molar-refractivity contribution is 0.374. The van der Waals surface area contributed by atoms with E-state index in [0.717, 1.165) is 31.5 Å². The summed E-state index contributed by atoms with van der Waals surface area (Å²) in [6.07, 6.45) is 4.06. The van der Waals surface area contributed by atoms with E-state index in [1.165, 1.54) is 24.8 Å². The van der Waals surface area contributed by atoms with E-state index in [1.54, 1.807) is 11.3 Å². The largest absolute Gasteiger partial charge is 0.330 e. The quantitative estimate of drug-likeness (QED) is 0.805. The van der Waals surface area contributed by atoms with Crippen molar-refractivity contribution < 1.29 is 0 Å². The predicted octanol–water partition coefficient (Wildman–Crippen LogP) is 2.21. The lowest BCUT2D eigenvalue weighted by Crippen LogP contribution is -2.28. The molecule has 0 spiro atoms. The Balaban J connectivity index is 1.69. The van der Waals surface area contributed by atoms with Crippen molar-refractivity contribution in [2.24, 2.45) is 17.6 Å². The summed E-state index contributed by atoms with van der Waals surface area (Å²) in [7, 11) is 0. The van der Waals surface area contributed by atoms with E-state index in [1.807, 2.05) is 0 Å². The highest BCUT2D eigenvalue weighted by Gasteiger charge is 2.25. The first-order valence-corrected chi connectivity index (χ1v) is 6.76. The second-order valence-electron chi connectivity index (χ2n) is 4.45. The number of nitrogens with two attached hydrogens (primary N) is 1. The summed E-state index contributed by atoms with van der Waals surface area (Å²) in [6, 6.07) is 2.19. The van der Waals surface area contributed by atoms with Crippen LogP contribution in [-0.2, 0) is 6.54 Å². The van der Waals surface area contributed by atoms with E-state index >= 15 is 0 Å². The summed E-state index contributed by atoms with van der Waals surface area (Å²) in [5.74, 6) is 1.58. The molecule has 0 radical (unpaired) electrons. The molecule has 2 atom stereocenters. The van der Waals surface area contributed by atoms with Gasteiger partial charge in [-0.05, 0) is 60.2 Å². The van der Waals surface area contributed by atoms with Crippen LogP contribution in [0.5, 0.6) is 0 Å². The van der Waals surface area contributed by atoms with Crippen molar-refractivity contribution in [2.45, 2.75) is 25.8 Å². The van der Waals surface area contributed by atoms with Crippen molar-refractivity contribution in [3.63, 3.8) is 0 Å². The fraction of sp³-hybridized carbons (Fsp3) is 0.667. The molecule has 0 bridgehead atoms. The van der Waals surface area contributed by atoms with Crippen LogP contribution in [0.3, 0.4) is 0 Å². The molecule has 1 aromatic rings. The van der Waals surface area contributed by atoms with Gasteiger partial charge in [0, 0.05) is 6.54 Å². The molecule has 1 saturated carbocycles. The predicted molar refractivity (Wildman–Crippen MR) is 65.9 cm³/mol. The summed E-state index contributed by atoms with van der Waals surface area (Å²) in [4.78, 5) is 0. The summed E-state index contributed by atoms with van der Waals surface area (Å²) >= 11 is 1.77. The first kappa shape index (κ1) is 11.1. The third-order valence-corrected chi connectivity index (χ3v) is 4.17. The third kappa shape index (κ3) is 3.03. The van der Waals surface area contributed by atoms with Crippen molar-refractivity contribution in [2.75, 3.05) is 13.1 Å². The molecule has 1 aliphatic carbocycles. The van der Waals surface area contributed by atoms with Crippen molar-refractivity contribution in [1.29, 1.82) is 0 Å². The molecule has 0 saturated heterocycles. The fourth-order valence-electron chi connectivity index (χ4n) is 2.49. The van der Waals surface area contributed by atoms with Gasteiger partial charge in [0.1, 0.15) is 0 Å². The Labute approximate surface area is 95.9 Å². The van der Waals surface area contributed by atoms with E-state index in [-0.39, 0.29) is 0 Å². The molecule has 0 aromatic carbocycles. The van der Waals surface area contributed by atoms with Gasteiger partial charge in [-0.15, -0.1) is 0 Å². The summed E-state index contributed by atoms with van der Waals surface area (Å²) < 4.78 is 0. The number of thiophene rings is 1. The number of hydrogen-bond acceptors (Lipinski definition) is 3. The van der Waals surface area contributed by atoms with Crippen LogP contribution in [0.15, 0.2) is 16.8 Å². The van der Waals surface area contributed by atoms with Gasteiger partial charge >= 0.3 is 0 Å². The molecule has 1 aromatic heterocycles. The van der Waals surface area contributed by atoms with Crippen LogP contribution in [0.25, 0.3) is 0 Å². The Morgan fingerprint density at radius 1 is 1.40 bits per heavy atom. The molecule has 1 fully saturated rings. The molecule has 2 unspecified atom stereocenters. The average Bonchev–Trinajstić information content (AvgIpc) is 2.88. The average molecular weight is 224 g/mol. The highest BCUT2D eigenvalue weighted by Crippen LogP contribution is 2.30. The molecule has 2 rings (SSSR count). The van der Waals surface area contributed by atoms with Gasteiger partial charge in [0.05, 0.1) is 0 Å². The van der Waals surface area contributed by atoms with Gasteiger partial charge in [0.25, 0.3) is 0 Å². The Kier molecular flexibility index (Phi) is 4.18. The standard InChI is InChI=1S/C12H20N2S/c13-6-11-2-1-3-12(11)8-14-7-10-4-5-15-9-10/h4-5,9,11-12,14H,1-3,6-8,13H2. The van der Waals surface area contributed by atoms with Crippen molar-refractivity contribution in [1.82, 2.24) is 5.32 Å². The van der Waals surface area contributed by atoms with Crippen LogP contribution < -0.4 is 11.1 Å². The first-order valence-electron chi connectivity index (χ1n) is 5.82. The maximum Gasteiger partial charge on any atom is 0.0213 e. The van der Waals surface area contributed by atoms with E-state index < -0.39 is 0 Å². The number of nitrogens with one attached hydrogen (secondary N) is 1. The molecule has 15 heavy (non-hydrogen) atoms. The summed E-state index contributed by atoms with van der Waals surface area (Å²) in [6.45, 7) is 3.01. The van der Waals surface area contributed by atoms with Gasteiger partial charge in [-0.1, -0.05) is 6.42 Å². The number of rotatable bonds is 5. The van der Waals surface area contributed by atoms with E-state index in [9.17, 15) is 0 Å². The topological polar surface area (TPSA) is 38.0 Å². The Bertz CT molecular complexity index is 271. The van der Waals surface area contributed by atoms with Crippen molar-refractivity contribution >= 4 is 11.3 Å². The lowest BCUT2D eigenvalue weighted by Gasteiger charge is -2.18. The van der Waals surface area contributed by atoms with E-state index in [2.05, 4.69) is 22.1 Å². The minimum atomic E-state index is 0.764. The van der Waals surface area contributed by atoms with Gasteiger partial charge in [0.15, 0.2) is 0 Å². The second-order valence-corrected chi connectivity index (χ2v) is 5.23. The molecular formula is C12H20N2S.